The lowest BCUT2D eigenvalue weighted by Gasteiger charge is -2.04. The Morgan fingerprint density at radius 1 is 1.06 bits per heavy atom. The van der Waals surface area contributed by atoms with Gasteiger partial charge >= 0.3 is 5.63 Å². The molecule has 31 heavy (non-hydrogen) atoms. The first-order valence-electron chi connectivity index (χ1n) is 9.42. The maximum absolute atomic E-state index is 14.0. The quantitative estimate of drug-likeness (QED) is 0.194. The minimum atomic E-state index is -0.503. The van der Waals surface area contributed by atoms with Crippen molar-refractivity contribution in [2.45, 2.75) is 0 Å². The summed E-state index contributed by atoms with van der Waals surface area (Å²) in [7, 11) is 0. The van der Waals surface area contributed by atoms with Gasteiger partial charge in [0.25, 0.3) is 0 Å². The number of aromatic nitrogens is 1. The number of nitriles is 1. The number of fused-ring (bicyclic) bond motifs is 3. The molecule has 0 fully saturated rings. The van der Waals surface area contributed by atoms with Gasteiger partial charge < -0.3 is 4.42 Å². The van der Waals surface area contributed by atoms with E-state index >= 15 is 0 Å². The molecule has 0 spiro atoms. The summed E-state index contributed by atoms with van der Waals surface area (Å²) >= 11 is 1.21. The van der Waals surface area contributed by atoms with Crippen molar-refractivity contribution in [3.05, 3.63) is 98.9 Å². The molecule has 0 atom stereocenters. The molecule has 0 saturated carbocycles. The van der Waals surface area contributed by atoms with Crippen molar-refractivity contribution in [2.75, 3.05) is 0 Å². The van der Waals surface area contributed by atoms with Gasteiger partial charge in [-0.15, -0.1) is 11.3 Å². The Labute approximate surface area is 180 Å². The Hall–Kier alpha value is -4.08. The van der Waals surface area contributed by atoms with E-state index < -0.39 is 11.4 Å². The number of nitrogens with zero attached hydrogens (tertiary/aromatic N) is 2. The number of halogens is 1. The molecule has 0 N–H and O–H groups in total. The fraction of sp³-hybridized carbons (Fsp3) is 0. The summed E-state index contributed by atoms with van der Waals surface area (Å²) in [5, 5.41) is 14.5. The average molecular weight is 424 g/mol. The Bertz CT molecular complexity index is 1590. The summed E-state index contributed by atoms with van der Waals surface area (Å²) in [4.78, 5) is 17.1. The third kappa shape index (κ3) is 3.41. The number of hydrogen-bond donors (Lipinski definition) is 0. The molecule has 2 aromatic heterocycles. The minimum Gasteiger partial charge on any atom is -0.422 e. The van der Waals surface area contributed by atoms with E-state index in [1.165, 1.54) is 23.5 Å². The molecule has 0 aliphatic rings. The number of benzene rings is 3. The smallest absolute Gasteiger partial charge is 0.345 e. The first-order chi connectivity index (χ1) is 15.1. The normalized spacial score (nSPS) is 11.7. The van der Waals surface area contributed by atoms with Crippen LogP contribution < -0.4 is 5.63 Å². The fourth-order valence-corrected chi connectivity index (χ4v) is 4.25. The van der Waals surface area contributed by atoms with E-state index in [1.807, 2.05) is 30.3 Å². The van der Waals surface area contributed by atoms with Gasteiger partial charge in [-0.2, -0.15) is 5.26 Å². The van der Waals surface area contributed by atoms with Crippen LogP contribution in [0.25, 0.3) is 44.6 Å². The van der Waals surface area contributed by atoms with Crippen molar-refractivity contribution in [3.8, 4) is 17.3 Å². The van der Waals surface area contributed by atoms with Crippen LogP contribution in [0.4, 0.5) is 4.39 Å². The van der Waals surface area contributed by atoms with Crippen LogP contribution in [0, 0.1) is 17.1 Å². The number of rotatable bonds is 3. The maximum atomic E-state index is 14.0. The van der Waals surface area contributed by atoms with Gasteiger partial charge in [-0.25, -0.2) is 14.2 Å². The highest BCUT2D eigenvalue weighted by Crippen LogP contribution is 2.30. The molecule has 0 saturated heterocycles. The van der Waals surface area contributed by atoms with Crippen LogP contribution in [0.1, 0.15) is 10.6 Å². The summed E-state index contributed by atoms with van der Waals surface area (Å²) in [5.74, 6) is -0.422. The van der Waals surface area contributed by atoms with Crippen LogP contribution in [-0.4, -0.2) is 4.98 Å². The predicted molar refractivity (Wildman–Crippen MR) is 121 cm³/mol. The van der Waals surface area contributed by atoms with Crippen LogP contribution in [0.2, 0.25) is 0 Å². The lowest BCUT2D eigenvalue weighted by atomic mass is 10.0. The Kier molecular flexibility index (Phi) is 4.66. The van der Waals surface area contributed by atoms with E-state index in [4.69, 9.17) is 4.42 Å². The van der Waals surface area contributed by atoms with Gasteiger partial charge in [-0.05, 0) is 35.0 Å². The molecule has 2 heterocycles. The zero-order valence-corrected chi connectivity index (χ0v) is 16.8. The van der Waals surface area contributed by atoms with Gasteiger partial charge in [0, 0.05) is 16.3 Å². The molecule has 0 radical (unpaired) electrons. The fourth-order valence-electron chi connectivity index (χ4n) is 3.46. The first-order valence-corrected chi connectivity index (χ1v) is 10.3. The second-order valence-corrected chi connectivity index (χ2v) is 7.73. The first kappa shape index (κ1) is 18.9. The van der Waals surface area contributed by atoms with Crippen LogP contribution >= 0.6 is 11.3 Å². The number of allylic oxidation sites excluding steroid dienone is 1. The summed E-state index contributed by atoms with van der Waals surface area (Å²) in [6.45, 7) is 0. The number of hydrogen-bond acceptors (Lipinski definition) is 5. The highest BCUT2D eigenvalue weighted by atomic mass is 32.1. The van der Waals surface area contributed by atoms with E-state index in [-0.39, 0.29) is 5.57 Å². The van der Waals surface area contributed by atoms with Crippen molar-refractivity contribution in [1.82, 2.24) is 4.98 Å². The van der Waals surface area contributed by atoms with E-state index in [9.17, 15) is 14.4 Å². The Morgan fingerprint density at radius 3 is 2.71 bits per heavy atom. The second-order valence-electron chi connectivity index (χ2n) is 6.88. The molecule has 5 aromatic rings. The SMILES string of the molecule is N#C/C(=C/c1ccccc1F)c1nc(-c2cc3c(ccc4ccccc43)oc2=O)cs1. The van der Waals surface area contributed by atoms with Crippen molar-refractivity contribution in [3.63, 3.8) is 0 Å². The second kappa shape index (κ2) is 7.63. The topological polar surface area (TPSA) is 66.9 Å². The molecule has 0 unspecified atom stereocenters. The van der Waals surface area contributed by atoms with Crippen molar-refractivity contribution in [1.29, 1.82) is 5.26 Å². The predicted octanol–water partition coefficient (Wildman–Crippen LogP) is 6.27. The third-order valence-corrected chi connectivity index (χ3v) is 5.85. The van der Waals surface area contributed by atoms with Gasteiger partial charge in [0.1, 0.15) is 22.5 Å². The standard InChI is InChI=1S/C25H13FN2O2S/c26-21-8-4-2-6-16(21)11-17(13-27)24-28-22(14-31-24)20-12-19-18-7-3-1-5-15(18)9-10-23(19)30-25(20)29/h1-12,14H/b17-11-. The summed E-state index contributed by atoms with van der Waals surface area (Å²) in [6, 6.07) is 21.6. The lowest BCUT2D eigenvalue weighted by molar-refractivity contribution is 0.563. The van der Waals surface area contributed by atoms with Gasteiger partial charge in [-0.3, -0.25) is 0 Å². The number of thiazole rings is 1. The largest absolute Gasteiger partial charge is 0.422 e. The zero-order chi connectivity index (χ0) is 21.4. The van der Waals surface area contributed by atoms with Gasteiger partial charge in [0.15, 0.2) is 0 Å². The van der Waals surface area contributed by atoms with E-state index in [0.717, 1.165) is 16.2 Å². The molecule has 5 rings (SSSR count). The van der Waals surface area contributed by atoms with Crippen molar-refractivity contribution >= 4 is 44.7 Å². The minimum absolute atomic E-state index is 0.219. The van der Waals surface area contributed by atoms with Gasteiger partial charge in [0.2, 0.25) is 0 Å². The van der Waals surface area contributed by atoms with Gasteiger partial charge in [-0.1, -0.05) is 48.5 Å². The van der Waals surface area contributed by atoms with Crippen LogP contribution in [0.15, 0.2) is 81.3 Å². The lowest BCUT2D eigenvalue weighted by Crippen LogP contribution is -2.03. The van der Waals surface area contributed by atoms with Crippen LogP contribution in [-0.2, 0) is 0 Å². The van der Waals surface area contributed by atoms with Crippen LogP contribution in [0.5, 0.6) is 0 Å². The van der Waals surface area contributed by atoms with E-state index in [2.05, 4.69) is 11.1 Å². The molecule has 4 nitrogen and oxygen atoms in total. The molecule has 0 amide bonds. The Morgan fingerprint density at radius 2 is 1.87 bits per heavy atom. The molecule has 3 aromatic carbocycles. The van der Waals surface area contributed by atoms with Crippen molar-refractivity contribution < 1.29 is 8.81 Å². The molecule has 148 valence electrons. The monoisotopic (exact) mass is 424 g/mol. The highest BCUT2D eigenvalue weighted by Gasteiger charge is 2.15. The summed E-state index contributed by atoms with van der Waals surface area (Å²) < 4.78 is 19.5. The molecule has 6 heteroatoms. The zero-order valence-electron chi connectivity index (χ0n) is 16.0. The highest BCUT2D eigenvalue weighted by molar-refractivity contribution is 7.11. The molecule has 0 aliphatic heterocycles. The molecular weight excluding hydrogens is 411 g/mol. The Balaban J connectivity index is 1.63. The van der Waals surface area contributed by atoms with E-state index in [1.54, 1.807) is 35.7 Å². The molecule has 0 aliphatic carbocycles. The van der Waals surface area contributed by atoms with Crippen LogP contribution in [0.3, 0.4) is 0 Å². The average Bonchev–Trinajstić information content (AvgIpc) is 3.27. The van der Waals surface area contributed by atoms with E-state index in [0.29, 0.717) is 27.4 Å². The van der Waals surface area contributed by atoms with Crippen molar-refractivity contribution in [2.24, 2.45) is 0 Å². The summed E-state index contributed by atoms with van der Waals surface area (Å²) in [5.41, 5.74) is 1.24. The third-order valence-electron chi connectivity index (χ3n) is 4.98. The van der Waals surface area contributed by atoms with Gasteiger partial charge in [0.05, 0.1) is 16.8 Å². The molecule has 0 bridgehead atoms. The summed E-state index contributed by atoms with van der Waals surface area (Å²) in [6.07, 6.45) is 1.45. The molecular formula is C25H13FN2O2S. The maximum Gasteiger partial charge on any atom is 0.345 e.